The summed E-state index contributed by atoms with van der Waals surface area (Å²) in [6.07, 6.45) is 3.09. The van der Waals surface area contributed by atoms with Gasteiger partial charge in [0.2, 0.25) is 0 Å². The second kappa shape index (κ2) is 11.3. The molecule has 2 aliphatic heterocycles. The summed E-state index contributed by atoms with van der Waals surface area (Å²) in [5.41, 5.74) is 7.49. The number of rotatable bonds is 2. The van der Waals surface area contributed by atoms with Gasteiger partial charge in [-0.25, -0.2) is 0 Å². The van der Waals surface area contributed by atoms with Crippen molar-refractivity contribution >= 4 is 45.4 Å². The molecule has 6 aromatic rings. The largest absolute Gasteiger partial charge is 0.512 e. The number of allylic oxidation sites excluding steroid dienone is 2. The Balaban J connectivity index is 0.000000371. The van der Waals surface area contributed by atoms with Crippen molar-refractivity contribution in [1.82, 2.24) is 4.98 Å². The van der Waals surface area contributed by atoms with E-state index >= 15 is 0 Å². The maximum atomic E-state index is 10.0. The normalized spacial score (nSPS) is 13.2. The van der Waals surface area contributed by atoms with Crippen LogP contribution in [0.2, 0.25) is 0 Å². The van der Waals surface area contributed by atoms with Crippen LogP contribution in [0.15, 0.2) is 133 Å². The number of carbonyl (C=O) groups excluding carboxylic acids is 1. The zero-order chi connectivity index (χ0) is 28.8. The van der Waals surface area contributed by atoms with E-state index in [-0.39, 0.29) is 31.6 Å². The fourth-order valence-corrected chi connectivity index (χ4v) is 12.3. The molecule has 1 spiro atoms. The van der Waals surface area contributed by atoms with Gasteiger partial charge in [-0.1, -0.05) is 113 Å². The fraction of sp³-hybridized carbons (Fsp3) is 0.0526. The van der Waals surface area contributed by atoms with Crippen molar-refractivity contribution in [3.63, 3.8) is 0 Å². The average molecular weight is 751 g/mol. The van der Waals surface area contributed by atoms with Crippen molar-refractivity contribution < 1.29 is 30.0 Å². The Morgan fingerprint density at radius 2 is 1.35 bits per heavy atom. The summed E-state index contributed by atoms with van der Waals surface area (Å²) in [7, 11) is -2.48. The second-order valence-electron chi connectivity index (χ2n) is 10.8. The minimum atomic E-state index is -2.48. The number of hydrogen-bond acceptors (Lipinski definition) is 3. The third-order valence-electron chi connectivity index (χ3n) is 8.26. The zero-order valence-corrected chi connectivity index (χ0v) is 27.2. The first kappa shape index (κ1) is 28.7. The van der Waals surface area contributed by atoms with Gasteiger partial charge in [-0.3, -0.25) is 4.79 Å². The molecule has 1 aromatic heterocycles. The van der Waals surface area contributed by atoms with Crippen molar-refractivity contribution in [1.29, 1.82) is 0 Å². The minimum absolute atomic E-state index is 0. The summed E-state index contributed by atoms with van der Waals surface area (Å²) in [4.78, 5) is 14.9. The van der Waals surface area contributed by atoms with E-state index in [1.54, 1.807) is 0 Å². The van der Waals surface area contributed by atoms with Crippen LogP contribution in [0.3, 0.4) is 0 Å². The molecule has 3 heterocycles. The molecular formula is C38H28IrNO2Si-. The summed E-state index contributed by atoms with van der Waals surface area (Å²) in [5, 5.41) is 16.6. The van der Waals surface area contributed by atoms with Crippen molar-refractivity contribution in [2.45, 2.75) is 13.8 Å². The molecular weight excluding hydrogens is 723 g/mol. The van der Waals surface area contributed by atoms with Crippen LogP contribution in [0.25, 0.3) is 44.3 Å². The van der Waals surface area contributed by atoms with E-state index in [4.69, 9.17) is 10.1 Å². The Bertz CT molecular complexity index is 1990. The molecule has 3 nitrogen and oxygen atoms in total. The number of hydrogen-bond donors (Lipinski definition) is 1. The van der Waals surface area contributed by atoms with Gasteiger partial charge in [-0.05, 0) is 57.9 Å². The second-order valence-corrected chi connectivity index (χ2v) is 14.5. The third kappa shape index (κ3) is 4.52. The van der Waals surface area contributed by atoms with E-state index < -0.39 is 8.07 Å². The van der Waals surface area contributed by atoms with Crippen LogP contribution in [0.5, 0.6) is 0 Å². The van der Waals surface area contributed by atoms with Gasteiger partial charge in [0, 0.05) is 32.4 Å². The molecule has 0 saturated heterocycles. The topological polar surface area (TPSA) is 50.2 Å². The Morgan fingerprint density at radius 3 is 2.02 bits per heavy atom. The molecule has 8 rings (SSSR count). The number of carbonyl (C=O) groups is 1. The van der Waals surface area contributed by atoms with Crippen LogP contribution >= 0.6 is 0 Å². The van der Waals surface area contributed by atoms with E-state index in [2.05, 4.69) is 121 Å². The van der Waals surface area contributed by atoms with Crippen LogP contribution in [-0.2, 0) is 24.9 Å². The molecule has 2 aliphatic rings. The number of nitrogens with zero attached hydrogens (tertiary/aromatic N) is 1. The van der Waals surface area contributed by atoms with Gasteiger partial charge in [-0.2, -0.15) is 0 Å². The van der Waals surface area contributed by atoms with Crippen LogP contribution in [0, 0.1) is 6.07 Å². The minimum Gasteiger partial charge on any atom is -0.512 e. The summed E-state index contributed by atoms with van der Waals surface area (Å²) >= 11 is 0. The first-order valence-electron chi connectivity index (χ1n) is 14.1. The molecule has 0 fully saturated rings. The average Bonchev–Trinajstić information content (AvgIpc) is 3.47. The molecule has 0 unspecified atom stereocenters. The van der Waals surface area contributed by atoms with Crippen LogP contribution in [0.4, 0.5) is 0 Å². The molecule has 0 amide bonds. The molecule has 43 heavy (non-hydrogen) atoms. The summed E-state index contributed by atoms with van der Waals surface area (Å²) in [5.74, 6) is -0.0625. The number of fused-ring (bicyclic) bond motifs is 11. The number of aliphatic hydroxyl groups is 1. The van der Waals surface area contributed by atoms with E-state index in [0.29, 0.717) is 0 Å². The molecule has 5 heteroatoms. The maximum Gasteiger partial charge on any atom is 0.155 e. The van der Waals surface area contributed by atoms with Crippen LogP contribution in [0.1, 0.15) is 13.8 Å². The molecule has 1 radical (unpaired) electrons. The molecule has 211 valence electrons. The summed E-state index contributed by atoms with van der Waals surface area (Å²) in [6.45, 7) is 2.85. The predicted molar refractivity (Wildman–Crippen MR) is 175 cm³/mol. The first-order chi connectivity index (χ1) is 20.5. The Kier molecular flexibility index (Phi) is 7.57. The maximum absolute atomic E-state index is 10.0. The predicted octanol–water partition coefficient (Wildman–Crippen LogP) is 6.07. The molecule has 5 aromatic carbocycles. The first-order valence-corrected chi connectivity index (χ1v) is 16.1. The summed E-state index contributed by atoms with van der Waals surface area (Å²) in [6, 6.07) is 46.1. The van der Waals surface area contributed by atoms with Crippen molar-refractivity contribution in [3.05, 3.63) is 139 Å². The molecule has 0 aliphatic carbocycles. The molecule has 0 bridgehead atoms. The summed E-state index contributed by atoms with van der Waals surface area (Å²) < 4.78 is 0. The van der Waals surface area contributed by atoms with Gasteiger partial charge in [0.05, 0.1) is 5.76 Å². The monoisotopic (exact) mass is 751 g/mol. The standard InChI is InChI=1S/C33H20NSi.C5H8O2.Ir/c1-2-11-24-22(9-1)10-7-14-25(24)23-18-19-28-32(21-23)35(31-17-8-20-34-33(28)31)29-15-5-3-12-26(29)27-13-4-6-16-30(27)35;1-4(6)3-5(2)7;/h1-18,20-21H;3,6H,1-2H3;/q-1;;/b;4-3-;. The number of aromatic nitrogens is 1. The smallest absolute Gasteiger partial charge is 0.155 e. The quantitative estimate of drug-likeness (QED) is 0.101. The van der Waals surface area contributed by atoms with E-state index in [1.165, 1.54) is 79.3 Å². The van der Waals surface area contributed by atoms with Gasteiger partial charge in [0.25, 0.3) is 0 Å². The van der Waals surface area contributed by atoms with E-state index in [0.717, 1.165) is 5.69 Å². The Labute approximate surface area is 266 Å². The van der Waals surface area contributed by atoms with Crippen molar-refractivity contribution in [3.8, 4) is 33.5 Å². The zero-order valence-electron chi connectivity index (χ0n) is 23.8. The number of ketones is 1. The number of aliphatic hydroxyl groups excluding tert-OH is 1. The van der Waals surface area contributed by atoms with Gasteiger partial charge in [0.15, 0.2) is 5.78 Å². The van der Waals surface area contributed by atoms with Crippen molar-refractivity contribution in [2.75, 3.05) is 0 Å². The van der Waals surface area contributed by atoms with Gasteiger partial charge < -0.3 is 10.1 Å². The Hall–Kier alpha value is -4.41. The van der Waals surface area contributed by atoms with Crippen molar-refractivity contribution in [2.24, 2.45) is 0 Å². The number of benzene rings is 5. The van der Waals surface area contributed by atoms with E-state index in [9.17, 15) is 4.79 Å². The van der Waals surface area contributed by atoms with Gasteiger partial charge >= 0.3 is 0 Å². The number of pyridine rings is 1. The van der Waals surface area contributed by atoms with E-state index in [1.807, 2.05) is 6.20 Å². The third-order valence-corrected chi connectivity index (χ3v) is 13.2. The Morgan fingerprint density at radius 1 is 0.744 bits per heavy atom. The molecule has 1 N–H and O–H groups in total. The molecule has 0 atom stereocenters. The van der Waals surface area contributed by atoms with Crippen LogP contribution in [-0.4, -0.2) is 23.9 Å². The molecule has 0 saturated carbocycles. The SMILES string of the molecule is CC(=O)/C=C(/C)O.[Ir].[c-]1cc(-c2cccc3ccccc23)cc2c1-c1ncccc1[Si]21c2ccccc2-c2ccccc21. The fourth-order valence-electron chi connectivity index (χ4n) is 6.78. The van der Waals surface area contributed by atoms with Crippen LogP contribution < -0.4 is 20.7 Å². The van der Waals surface area contributed by atoms with Gasteiger partial charge in [0.1, 0.15) is 8.07 Å². The van der Waals surface area contributed by atoms with Gasteiger partial charge in [-0.15, -0.1) is 28.9 Å².